The first kappa shape index (κ1) is 16.8. The Balaban J connectivity index is 1.44. The molecule has 4 fully saturated rings. The van der Waals surface area contributed by atoms with Gasteiger partial charge in [-0.1, -0.05) is 6.42 Å². The van der Waals surface area contributed by atoms with Crippen molar-refractivity contribution in [3.05, 3.63) is 18.2 Å². The molecule has 5 heteroatoms. The van der Waals surface area contributed by atoms with E-state index in [-0.39, 0.29) is 11.3 Å². The lowest BCUT2D eigenvalue weighted by atomic mass is 9.75. The van der Waals surface area contributed by atoms with Crippen LogP contribution >= 0.6 is 0 Å². The van der Waals surface area contributed by atoms with Gasteiger partial charge in [-0.3, -0.25) is 9.69 Å². The summed E-state index contributed by atoms with van der Waals surface area (Å²) in [6.07, 6.45) is 11.8. The second-order valence-electron chi connectivity index (χ2n) is 9.51. The van der Waals surface area contributed by atoms with Gasteiger partial charge in [0.15, 0.2) is 0 Å². The summed E-state index contributed by atoms with van der Waals surface area (Å²) in [6.45, 7) is 8.30. The van der Waals surface area contributed by atoms with Gasteiger partial charge in [0.2, 0.25) is 5.91 Å². The van der Waals surface area contributed by atoms with E-state index in [1.165, 1.54) is 32.1 Å². The molecule has 26 heavy (non-hydrogen) atoms. The van der Waals surface area contributed by atoms with Crippen LogP contribution in [0.4, 0.5) is 0 Å². The Bertz CT molecular complexity index is 690. The lowest BCUT2D eigenvalue weighted by Gasteiger charge is -2.35. The minimum absolute atomic E-state index is 0.222. The van der Waals surface area contributed by atoms with E-state index in [2.05, 4.69) is 34.4 Å². The fourth-order valence-electron chi connectivity index (χ4n) is 5.28. The third-order valence-corrected chi connectivity index (χ3v) is 7.45. The van der Waals surface area contributed by atoms with Gasteiger partial charge in [0.25, 0.3) is 0 Å². The van der Waals surface area contributed by atoms with Gasteiger partial charge in [-0.15, -0.1) is 0 Å². The molecule has 2 saturated heterocycles. The molecular formula is C21H32N4O. The lowest BCUT2D eigenvalue weighted by molar-refractivity contribution is -0.136. The van der Waals surface area contributed by atoms with Crippen LogP contribution in [0.2, 0.25) is 0 Å². The lowest BCUT2D eigenvalue weighted by Crippen LogP contribution is -2.43. The summed E-state index contributed by atoms with van der Waals surface area (Å²) in [5.41, 5.74) is 0.919. The zero-order chi connectivity index (χ0) is 17.9. The van der Waals surface area contributed by atoms with Crippen LogP contribution < -0.4 is 0 Å². The molecule has 0 radical (unpaired) electrons. The van der Waals surface area contributed by atoms with Gasteiger partial charge >= 0.3 is 0 Å². The highest BCUT2D eigenvalue weighted by molar-refractivity contribution is 5.87. The standard InChI is InChI=1S/C21H32N4O/c1-15(2)25-12-19(22-14-25)18-11-24(17-4-3-5-17)13-21(18)8-9-23(20(21)26)10-16-6-7-16/h12,14-18H,3-11,13H2,1-2H3/t18-,21-/m0/s1. The monoisotopic (exact) mass is 356 g/mol. The quantitative estimate of drug-likeness (QED) is 0.814. The highest BCUT2D eigenvalue weighted by Crippen LogP contribution is 2.51. The second-order valence-corrected chi connectivity index (χ2v) is 9.51. The maximum atomic E-state index is 13.6. The fourth-order valence-corrected chi connectivity index (χ4v) is 5.28. The number of aromatic nitrogens is 2. The summed E-state index contributed by atoms with van der Waals surface area (Å²) in [4.78, 5) is 23.1. The topological polar surface area (TPSA) is 41.4 Å². The first-order chi connectivity index (χ1) is 12.6. The summed E-state index contributed by atoms with van der Waals surface area (Å²) < 4.78 is 2.19. The van der Waals surface area contributed by atoms with E-state index in [4.69, 9.17) is 4.98 Å². The van der Waals surface area contributed by atoms with Crippen molar-refractivity contribution in [3.63, 3.8) is 0 Å². The zero-order valence-electron chi connectivity index (χ0n) is 16.2. The van der Waals surface area contributed by atoms with Gasteiger partial charge < -0.3 is 9.47 Å². The summed E-state index contributed by atoms with van der Waals surface area (Å²) in [6, 6.07) is 1.12. The molecule has 5 nitrogen and oxygen atoms in total. The highest BCUT2D eigenvalue weighted by atomic mass is 16.2. The van der Waals surface area contributed by atoms with Gasteiger partial charge in [-0.05, 0) is 51.9 Å². The maximum absolute atomic E-state index is 13.6. The van der Waals surface area contributed by atoms with Crippen molar-refractivity contribution in [1.29, 1.82) is 0 Å². The number of carbonyl (C=O) groups excluding carboxylic acids is 1. The number of likely N-dealkylation sites (tertiary alicyclic amines) is 2. The molecule has 0 bridgehead atoms. The minimum Gasteiger partial charge on any atom is -0.342 e. The molecule has 4 aliphatic rings. The van der Waals surface area contributed by atoms with Crippen molar-refractivity contribution in [2.24, 2.45) is 11.3 Å². The van der Waals surface area contributed by atoms with Gasteiger partial charge in [0.05, 0.1) is 17.4 Å². The Hall–Kier alpha value is -1.36. The van der Waals surface area contributed by atoms with E-state index in [9.17, 15) is 4.79 Å². The highest BCUT2D eigenvalue weighted by Gasteiger charge is 2.59. The number of carbonyl (C=O) groups is 1. The number of imidazole rings is 1. The molecule has 142 valence electrons. The molecule has 1 aromatic heterocycles. The Labute approximate surface area is 156 Å². The smallest absolute Gasteiger partial charge is 0.230 e. The van der Waals surface area contributed by atoms with E-state index >= 15 is 0 Å². The summed E-state index contributed by atoms with van der Waals surface area (Å²) in [5.74, 6) is 1.46. The molecular weight excluding hydrogens is 324 g/mol. The maximum Gasteiger partial charge on any atom is 0.230 e. The minimum atomic E-state index is -0.222. The molecule has 5 rings (SSSR count). The molecule has 0 aromatic carbocycles. The molecule has 0 N–H and O–H groups in total. The van der Waals surface area contributed by atoms with E-state index in [1.807, 2.05) is 6.33 Å². The molecule has 3 heterocycles. The van der Waals surface area contributed by atoms with Crippen molar-refractivity contribution in [2.75, 3.05) is 26.2 Å². The molecule has 1 amide bonds. The fraction of sp³-hybridized carbons (Fsp3) is 0.810. The molecule has 2 saturated carbocycles. The van der Waals surface area contributed by atoms with Gasteiger partial charge in [0, 0.05) is 50.4 Å². The van der Waals surface area contributed by atoms with Crippen LogP contribution in [0.3, 0.4) is 0 Å². The normalized spacial score (nSPS) is 33.0. The Morgan fingerprint density at radius 1 is 1.27 bits per heavy atom. The number of hydrogen-bond donors (Lipinski definition) is 0. The SMILES string of the molecule is CC(C)n1cnc([C@@H]2CN(C3CCC3)C[C@@]23CCN(CC2CC2)C3=O)c1. The number of nitrogens with zero attached hydrogens (tertiary/aromatic N) is 4. The predicted molar refractivity (Wildman–Crippen MR) is 101 cm³/mol. The zero-order valence-corrected chi connectivity index (χ0v) is 16.2. The Morgan fingerprint density at radius 2 is 2.08 bits per heavy atom. The third-order valence-electron chi connectivity index (χ3n) is 7.45. The molecule has 2 atom stereocenters. The van der Waals surface area contributed by atoms with Crippen LogP contribution in [0, 0.1) is 11.3 Å². The van der Waals surface area contributed by atoms with Crippen LogP contribution in [-0.2, 0) is 4.79 Å². The van der Waals surface area contributed by atoms with Crippen LogP contribution in [0.15, 0.2) is 12.5 Å². The van der Waals surface area contributed by atoms with Crippen LogP contribution in [0.1, 0.15) is 70.0 Å². The van der Waals surface area contributed by atoms with Crippen LogP contribution in [0.25, 0.3) is 0 Å². The van der Waals surface area contributed by atoms with Crippen molar-refractivity contribution >= 4 is 5.91 Å². The molecule has 2 aliphatic carbocycles. The van der Waals surface area contributed by atoms with Crippen LogP contribution in [0.5, 0.6) is 0 Å². The number of rotatable bonds is 5. The van der Waals surface area contributed by atoms with E-state index in [0.29, 0.717) is 18.0 Å². The van der Waals surface area contributed by atoms with Gasteiger partial charge in [-0.25, -0.2) is 4.98 Å². The average molecular weight is 357 g/mol. The van der Waals surface area contributed by atoms with Crippen molar-refractivity contribution in [3.8, 4) is 0 Å². The van der Waals surface area contributed by atoms with E-state index in [0.717, 1.165) is 44.2 Å². The first-order valence-electron chi connectivity index (χ1n) is 10.6. The van der Waals surface area contributed by atoms with Crippen LogP contribution in [-0.4, -0.2) is 57.5 Å². The first-order valence-corrected chi connectivity index (χ1v) is 10.6. The molecule has 1 spiro atoms. The van der Waals surface area contributed by atoms with Crippen molar-refractivity contribution in [1.82, 2.24) is 19.4 Å². The van der Waals surface area contributed by atoms with Gasteiger partial charge in [0.1, 0.15) is 0 Å². The summed E-state index contributed by atoms with van der Waals surface area (Å²) in [7, 11) is 0. The van der Waals surface area contributed by atoms with Crippen molar-refractivity contribution < 1.29 is 4.79 Å². The van der Waals surface area contributed by atoms with E-state index in [1.54, 1.807) is 0 Å². The van der Waals surface area contributed by atoms with E-state index < -0.39 is 0 Å². The van der Waals surface area contributed by atoms with Crippen molar-refractivity contribution in [2.45, 2.75) is 70.4 Å². The second kappa shape index (κ2) is 6.08. The average Bonchev–Trinajstić information content (AvgIpc) is 3.00. The predicted octanol–water partition coefficient (Wildman–Crippen LogP) is 3.04. The Kier molecular flexibility index (Phi) is 3.93. The summed E-state index contributed by atoms with van der Waals surface area (Å²) in [5, 5.41) is 0. The molecule has 2 aliphatic heterocycles. The molecule has 1 aromatic rings. The molecule has 0 unspecified atom stereocenters. The number of amides is 1. The Morgan fingerprint density at radius 3 is 2.69 bits per heavy atom. The third kappa shape index (κ3) is 2.62. The number of hydrogen-bond acceptors (Lipinski definition) is 3. The van der Waals surface area contributed by atoms with Gasteiger partial charge in [-0.2, -0.15) is 0 Å². The largest absolute Gasteiger partial charge is 0.342 e. The summed E-state index contributed by atoms with van der Waals surface area (Å²) >= 11 is 0.